The summed E-state index contributed by atoms with van der Waals surface area (Å²) in [5.74, 6) is 0.302. The third-order valence-electron chi connectivity index (χ3n) is 7.34. The van der Waals surface area contributed by atoms with Crippen LogP contribution in [0.4, 0.5) is 0 Å². The first-order chi connectivity index (χ1) is 19.9. The third kappa shape index (κ3) is 6.53. The molecule has 0 spiro atoms. The van der Waals surface area contributed by atoms with E-state index in [-0.39, 0.29) is 38.0 Å². The number of hydrogen-bond donors (Lipinski definition) is 3. The van der Waals surface area contributed by atoms with Gasteiger partial charge in [-0.25, -0.2) is 0 Å². The maximum absolute atomic E-state index is 14.1. The quantitative estimate of drug-likeness (QED) is 0.279. The van der Waals surface area contributed by atoms with Gasteiger partial charge >= 0.3 is 0 Å². The number of aliphatic hydroxyl groups is 2. The lowest BCUT2D eigenvalue weighted by Gasteiger charge is -2.41. The zero-order valence-electron chi connectivity index (χ0n) is 22.6. The van der Waals surface area contributed by atoms with E-state index in [1.165, 1.54) is 7.11 Å². The summed E-state index contributed by atoms with van der Waals surface area (Å²) in [6.45, 7) is 0.655. The second kappa shape index (κ2) is 13.2. The molecule has 4 unspecified atom stereocenters. The van der Waals surface area contributed by atoms with E-state index in [2.05, 4.69) is 27.9 Å². The van der Waals surface area contributed by atoms with E-state index in [1.807, 2.05) is 30.3 Å². The van der Waals surface area contributed by atoms with Crippen molar-refractivity contribution in [3.8, 4) is 11.5 Å². The van der Waals surface area contributed by atoms with E-state index < -0.39 is 30.1 Å². The summed E-state index contributed by atoms with van der Waals surface area (Å²) in [6.07, 6.45) is 0.998. The van der Waals surface area contributed by atoms with E-state index in [4.69, 9.17) is 18.6 Å². The molecule has 2 aliphatic rings. The van der Waals surface area contributed by atoms with Gasteiger partial charge in [0.1, 0.15) is 18.0 Å². The Kier molecular flexibility index (Phi) is 9.48. The summed E-state index contributed by atoms with van der Waals surface area (Å²) in [6, 6.07) is 13.6. The molecular weight excluding hydrogens is 643 g/mol. The molecule has 0 radical (unpaired) electrons. The van der Waals surface area contributed by atoms with E-state index in [9.17, 15) is 19.8 Å². The highest BCUT2D eigenvalue weighted by atomic mass is 127. The second-order valence-electron chi connectivity index (χ2n) is 10.0. The van der Waals surface area contributed by atoms with Gasteiger partial charge in [0.15, 0.2) is 17.1 Å². The Balaban J connectivity index is 1.51. The van der Waals surface area contributed by atoms with E-state index in [0.29, 0.717) is 34.6 Å². The number of hydrogen-bond acceptors (Lipinski definition) is 8. The molecule has 11 heteroatoms. The van der Waals surface area contributed by atoms with Crippen LogP contribution in [0.2, 0.25) is 0 Å². The van der Waals surface area contributed by atoms with Crippen molar-refractivity contribution >= 4 is 45.4 Å². The Labute approximate surface area is 251 Å². The molecule has 5 rings (SSSR count). The Hall–Kier alpha value is -3.13. The van der Waals surface area contributed by atoms with Crippen molar-refractivity contribution in [2.45, 2.75) is 43.6 Å². The van der Waals surface area contributed by atoms with Crippen LogP contribution in [0.1, 0.15) is 29.8 Å². The number of rotatable bonds is 10. The highest BCUT2D eigenvalue weighted by molar-refractivity contribution is 14.1. The topological polar surface area (TPSA) is 131 Å². The number of ether oxygens (including phenoxy) is 3. The fraction of sp³-hybridized carbons (Fsp3) is 0.400. The normalized spacial score (nSPS) is 22.3. The van der Waals surface area contributed by atoms with Gasteiger partial charge in [-0.3, -0.25) is 9.59 Å². The molecule has 218 valence electrons. The first kappa shape index (κ1) is 29.4. The molecule has 1 fully saturated rings. The Morgan fingerprint density at radius 2 is 1.98 bits per heavy atom. The zero-order chi connectivity index (χ0) is 28.9. The van der Waals surface area contributed by atoms with Crippen LogP contribution in [0.15, 0.2) is 64.6 Å². The third-order valence-corrected chi connectivity index (χ3v) is 8.23. The maximum atomic E-state index is 14.1. The smallest absolute Gasteiger partial charge is 0.290 e. The molecule has 0 bridgehead atoms. The zero-order valence-corrected chi connectivity index (χ0v) is 24.8. The molecule has 2 aromatic carbocycles. The number of amides is 2. The summed E-state index contributed by atoms with van der Waals surface area (Å²) >= 11 is 2.14. The van der Waals surface area contributed by atoms with Gasteiger partial charge in [-0.05, 0) is 65.8 Å². The average molecular weight is 677 g/mol. The molecule has 4 atom stereocenters. The molecular formula is C30H33IN2O8. The molecule has 1 aromatic heterocycles. The fourth-order valence-electron chi connectivity index (χ4n) is 5.29. The van der Waals surface area contributed by atoms with Crippen LogP contribution < -0.4 is 14.8 Å². The van der Waals surface area contributed by atoms with Gasteiger partial charge in [-0.1, -0.05) is 24.3 Å². The Morgan fingerprint density at radius 3 is 2.71 bits per heavy atom. The molecule has 0 saturated carbocycles. The highest BCUT2D eigenvalue weighted by Gasteiger charge is 2.42. The van der Waals surface area contributed by atoms with Crippen molar-refractivity contribution in [2.75, 3.05) is 33.4 Å². The molecule has 3 aromatic rings. The van der Waals surface area contributed by atoms with Crippen molar-refractivity contribution in [1.82, 2.24) is 10.2 Å². The molecule has 1 saturated heterocycles. The predicted octanol–water partition coefficient (Wildman–Crippen LogP) is 3.28. The standard InChI is InChI=1S/C30H33IN2O8/c1-38-24-10-4-6-18-15-26(41-28(18)24)30(37)33(17-20-7-5-13-39-20)22-14-19(29(36)32-11-12-34)16-25(27(22)35)40-23-9-3-2-8-21(23)31/h2-4,6,8-10,15-16,20,22,25,27,34-35H,5,7,11-14,17H2,1H3,(H,32,36). The van der Waals surface area contributed by atoms with Crippen LogP contribution in [0.5, 0.6) is 11.5 Å². The van der Waals surface area contributed by atoms with Crippen LogP contribution in [0.3, 0.4) is 0 Å². The number of fused-ring (bicyclic) bond motifs is 1. The average Bonchev–Trinajstić information content (AvgIpc) is 3.66. The van der Waals surface area contributed by atoms with E-state index in [1.54, 1.807) is 29.2 Å². The molecule has 10 nitrogen and oxygen atoms in total. The number of carbonyl (C=O) groups is 2. The van der Waals surface area contributed by atoms with Crippen molar-refractivity contribution in [3.05, 3.63) is 69.5 Å². The number of benzene rings is 2. The number of nitrogens with one attached hydrogen (secondary N) is 1. The number of carbonyl (C=O) groups excluding carboxylic acids is 2. The maximum Gasteiger partial charge on any atom is 0.290 e. The van der Waals surface area contributed by atoms with Gasteiger partial charge < -0.3 is 39.1 Å². The van der Waals surface area contributed by atoms with Crippen LogP contribution in [-0.4, -0.2) is 84.7 Å². The number of nitrogens with zero attached hydrogens (tertiary/aromatic N) is 1. The van der Waals surface area contributed by atoms with Crippen LogP contribution in [0.25, 0.3) is 11.0 Å². The van der Waals surface area contributed by atoms with Crippen molar-refractivity contribution in [2.24, 2.45) is 0 Å². The lowest BCUT2D eigenvalue weighted by molar-refractivity contribution is -0.118. The van der Waals surface area contributed by atoms with Gasteiger partial charge in [-0.15, -0.1) is 0 Å². The summed E-state index contributed by atoms with van der Waals surface area (Å²) in [5.41, 5.74) is 0.796. The van der Waals surface area contributed by atoms with Gasteiger partial charge in [0.2, 0.25) is 5.91 Å². The molecule has 1 aliphatic carbocycles. The Bertz CT molecular complexity index is 1420. The summed E-state index contributed by atoms with van der Waals surface area (Å²) < 4.78 is 24.3. The Morgan fingerprint density at radius 1 is 1.17 bits per heavy atom. The van der Waals surface area contributed by atoms with Crippen LogP contribution >= 0.6 is 22.6 Å². The molecule has 3 N–H and O–H groups in total. The van der Waals surface area contributed by atoms with Crippen molar-refractivity contribution in [3.63, 3.8) is 0 Å². The number of para-hydroxylation sites is 2. The number of furan rings is 1. The molecule has 2 amide bonds. The van der Waals surface area contributed by atoms with Crippen molar-refractivity contribution < 1.29 is 38.4 Å². The van der Waals surface area contributed by atoms with Crippen LogP contribution in [0, 0.1) is 3.57 Å². The van der Waals surface area contributed by atoms with Crippen LogP contribution in [-0.2, 0) is 9.53 Å². The minimum atomic E-state index is -1.16. The summed E-state index contributed by atoms with van der Waals surface area (Å²) in [4.78, 5) is 28.8. The number of halogens is 1. The molecule has 2 heterocycles. The van der Waals surface area contributed by atoms with Gasteiger partial charge in [-0.2, -0.15) is 0 Å². The minimum absolute atomic E-state index is 0.0743. The monoisotopic (exact) mass is 676 g/mol. The number of methoxy groups -OCH3 is 1. The van der Waals surface area contributed by atoms with E-state index >= 15 is 0 Å². The largest absolute Gasteiger partial charge is 0.493 e. The minimum Gasteiger partial charge on any atom is -0.493 e. The van der Waals surface area contributed by atoms with Gasteiger partial charge in [0.25, 0.3) is 5.91 Å². The fourth-order valence-corrected chi connectivity index (χ4v) is 5.80. The first-order valence-electron chi connectivity index (χ1n) is 13.6. The number of aliphatic hydroxyl groups excluding tert-OH is 2. The molecule has 1 aliphatic heterocycles. The van der Waals surface area contributed by atoms with E-state index in [0.717, 1.165) is 16.4 Å². The lowest BCUT2D eigenvalue weighted by Crippen LogP contribution is -2.56. The van der Waals surface area contributed by atoms with Gasteiger partial charge in [0, 0.05) is 37.1 Å². The lowest BCUT2D eigenvalue weighted by atomic mass is 9.87. The van der Waals surface area contributed by atoms with Gasteiger partial charge in [0.05, 0.1) is 29.4 Å². The SMILES string of the molecule is COc1cccc2cc(C(=O)N(CC3CCCO3)C3CC(C(=O)NCCO)=CC(Oc4ccccc4I)C3O)oc12. The first-order valence-corrected chi connectivity index (χ1v) is 14.7. The van der Waals surface area contributed by atoms with Crippen molar-refractivity contribution in [1.29, 1.82) is 0 Å². The summed E-state index contributed by atoms with van der Waals surface area (Å²) in [5, 5.41) is 24.3. The summed E-state index contributed by atoms with van der Waals surface area (Å²) in [7, 11) is 1.53. The highest BCUT2D eigenvalue weighted by Crippen LogP contribution is 2.33. The molecule has 41 heavy (non-hydrogen) atoms. The predicted molar refractivity (Wildman–Crippen MR) is 159 cm³/mol. The second-order valence-corrected chi connectivity index (χ2v) is 11.2.